The molecule has 130 valence electrons. The fraction of sp³-hybridized carbons (Fsp3) is 0.188. The van der Waals surface area contributed by atoms with E-state index in [1.165, 1.54) is 28.0 Å². The van der Waals surface area contributed by atoms with Gasteiger partial charge in [-0.2, -0.15) is 0 Å². The Hall–Kier alpha value is -1.42. The van der Waals surface area contributed by atoms with Gasteiger partial charge in [-0.25, -0.2) is 0 Å². The number of rotatable bonds is 8. The molecule has 0 spiro atoms. The van der Waals surface area contributed by atoms with E-state index in [1.807, 2.05) is 24.3 Å². The monoisotopic (exact) mass is 454 g/mol. The number of amides is 1. The molecule has 0 bridgehead atoms. The summed E-state index contributed by atoms with van der Waals surface area (Å²) >= 11 is 7.98. The number of carbonyl (C=O) groups is 1. The van der Waals surface area contributed by atoms with Crippen molar-refractivity contribution in [1.82, 2.24) is 10.2 Å². The fourth-order valence-corrected chi connectivity index (χ4v) is 4.50. The fourth-order valence-electron chi connectivity index (χ4n) is 1.94. The van der Waals surface area contributed by atoms with Gasteiger partial charge in [0, 0.05) is 21.6 Å². The molecule has 2 aromatic heterocycles. The standard InChI is InChI=1S/C16H15BrN4OS3/c17-11-3-5-12(6-4-11)19-14(22)10-24-16-21-20-15(25-16)18-8-7-13-2-1-9-23-13/h1-6,9H,7-8,10H2,(H,18,20)(H,19,22). The summed E-state index contributed by atoms with van der Waals surface area (Å²) < 4.78 is 1.76. The highest BCUT2D eigenvalue weighted by molar-refractivity contribution is 9.10. The average molecular weight is 455 g/mol. The predicted molar refractivity (Wildman–Crippen MR) is 110 cm³/mol. The first-order chi connectivity index (χ1) is 12.2. The number of thioether (sulfide) groups is 1. The third-order valence-corrected chi connectivity index (χ3v) is 6.57. The Bertz CT molecular complexity index is 805. The number of halogens is 1. The molecule has 0 saturated carbocycles. The second-order valence-corrected chi connectivity index (χ2v) is 9.12. The highest BCUT2D eigenvalue weighted by Crippen LogP contribution is 2.25. The molecule has 0 aliphatic heterocycles. The van der Waals surface area contributed by atoms with Crippen molar-refractivity contribution < 1.29 is 4.79 Å². The number of aromatic nitrogens is 2. The predicted octanol–water partition coefficient (Wildman–Crippen LogP) is 4.75. The largest absolute Gasteiger partial charge is 0.360 e. The topological polar surface area (TPSA) is 66.9 Å². The Kier molecular flexibility index (Phi) is 6.85. The van der Waals surface area contributed by atoms with E-state index in [0.717, 1.165) is 32.6 Å². The van der Waals surface area contributed by atoms with E-state index in [1.54, 1.807) is 11.3 Å². The number of thiophene rings is 1. The third kappa shape index (κ3) is 6.10. The second kappa shape index (κ2) is 9.33. The summed E-state index contributed by atoms with van der Waals surface area (Å²) in [4.78, 5) is 13.3. The van der Waals surface area contributed by atoms with E-state index in [2.05, 4.69) is 54.3 Å². The Labute approximate surface area is 166 Å². The summed E-state index contributed by atoms with van der Waals surface area (Å²) in [5, 5.41) is 17.2. The van der Waals surface area contributed by atoms with Gasteiger partial charge in [-0.15, -0.1) is 21.5 Å². The molecular weight excluding hydrogens is 440 g/mol. The Morgan fingerprint density at radius 1 is 1.20 bits per heavy atom. The summed E-state index contributed by atoms with van der Waals surface area (Å²) in [6.07, 6.45) is 0.968. The maximum absolute atomic E-state index is 12.0. The van der Waals surface area contributed by atoms with E-state index in [0.29, 0.717) is 5.75 Å². The van der Waals surface area contributed by atoms with E-state index >= 15 is 0 Å². The van der Waals surface area contributed by atoms with Gasteiger partial charge in [-0.3, -0.25) is 4.79 Å². The lowest BCUT2D eigenvalue weighted by Crippen LogP contribution is -2.13. The van der Waals surface area contributed by atoms with Gasteiger partial charge >= 0.3 is 0 Å². The van der Waals surface area contributed by atoms with Crippen molar-refractivity contribution in [1.29, 1.82) is 0 Å². The van der Waals surface area contributed by atoms with Gasteiger partial charge in [0.2, 0.25) is 11.0 Å². The summed E-state index contributed by atoms with van der Waals surface area (Å²) in [6, 6.07) is 11.7. The zero-order valence-corrected chi connectivity index (χ0v) is 17.1. The number of hydrogen-bond acceptors (Lipinski definition) is 7. The van der Waals surface area contributed by atoms with E-state index < -0.39 is 0 Å². The lowest BCUT2D eigenvalue weighted by molar-refractivity contribution is -0.113. The van der Waals surface area contributed by atoms with Crippen LogP contribution in [0.3, 0.4) is 0 Å². The van der Waals surface area contributed by atoms with Crippen LogP contribution < -0.4 is 10.6 Å². The SMILES string of the molecule is O=C(CSc1nnc(NCCc2cccs2)s1)Nc1ccc(Br)cc1. The van der Waals surface area contributed by atoms with Crippen molar-refractivity contribution in [3.05, 3.63) is 51.1 Å². The molecule has 0 atom stereocenters. The molecule has 25 heavy (non-hydrogen) atoms. The quantitative estimate of drug-likeness (QED) is 0.480. The van der Waals surface area contributed by atoms with Crippen molar-refractivity contribution in [3.8, 4) is 0 Å². The van der Waals surface area contributed by atoms with Gasteiger partial charge in [0.1, 0.15) is 0 Å². The number of nitrogens with zero attached hydrogens (tertiary/aromatic N) is 2. The highest BCUT2D eigenvalue weighted by Gasteiger charge is 2.08. The minimum atomic E-state index is -0.0604. The van der Waals surface area contributed by atoms with Crippen LogP contribution in [0.5, 0.6) is 0 Å². The average Bonchev–Trinajstić information content (AvgIpc) is 3.27. The van der Waals surface area contributed by atoms with Crippen LogP contribution in [-0.2, 0) is 11.2 Å². The molecule has 0 radical (unpaired) electrons. The van der Waals surface area contributed by atoms with Crippen LogP contribution in [0.25, 0.3) is 0 Å². The van der Waals surface area contributed by atoms with Crippen LogP contribution >= 0.6 is 50.4 Å². The van der Waals surface area contributed by atoms with Crippen LogP contribution in [0, 0.1) is 0 Å². The van der Waals surface area contributed by atoms with Crippen molar-refractivity contribution in [3.63, 3.8) is 0 Å². The summed E-state index contributed by atoms with van der Waals surface area (Å²) in [6.45, 7) is 0.823. The smallest absolute Gasteiger partial charge is 0.234 e. The molecule has 1 aromatic carbocycles. The van der Waals surface area contributed by atoms with Gasteiger partial charge < -0.3 is 10.6 Å². The first-order valence-corrected chi connectivity index (χ1v) is 10.9. The number of benzene rings is 1. The molecule has 1 amide bonds. The highest BCUT2D eigenvalue weighted by atomic mass is 79.9. The lowest BCUT2D eigenvalue weighted by Gasteiger charge is -2.03. The molecule has 0 fully saturated rings. The number of hydrogen-bond donors (Lipinski definition) is 2. The van der Waals surface area contributed by atoms with Crippen LogP contribution in [0.4, 0.5) is 10.8 Å². The Morgan fingerprint density at radius 2 is 2.04 bits per heavy atom. The molecule has 0 saturated heterocycles. The van der Waals surface area contributed by atoms with Crippen molar-refractivity contribution in [2.75, 3.05) is 22.9 Å². The zero-order valence-electron chi connectivity index (χ0n) is 13.1. The molecule has 0 aliphatic carbocycles. The third-order valence-electron chi connectivity index (χ3n) is 3.09. The summed E-state index contributed by atoms with van der Waals surface area (Å²) in [7, 11) is 0. The molecule has 0 unspecified atom stereocenters. The molecular formula is C16H15BrN4OS3. The van der Waals surface area contributed by atoms with Crippen LogP contribution in [0.15, 0.2) is 50.6 Å². The van der Waals surface area contributed by atoms with Crippen molar-refractivity contribution in [2.45, 2.75) is 10.8 Å². The van der Waals surface area contributed by atoms with Crippen molar-refractivity contribution >= 4 is 67.1 Å². The molecule has 3 aromatic rings. The Balaban J connectivity index is 1.40. The molecule has 3 rings (SSSR count). The second-order valence-electron chi connectivity index (χ2n) is 4.97. The minimum Gasteiger partial charge on any atom is -0.360 e. The van der Waals surface area contributed by atoms with E-state index in [9.17, 15) is 4.79 Å². The van der Waals surface area contributed by atoms with Gasteiger partial charge in [0.15, 0.2) is 4.34 Å². The summed E-state index contributed by atoms with van der Waals surface area (Å²) in [5.41, 5.74) is 0.780. The van der Waals surface area contributed by atoms with E-state index in [-0.39, 0.29) is 5.91 Å². The van der Waals surface area contributed by atoms with Gasteiger partial charge in [-0.05, 0) is 42.1 Å². The van der Waals surface area contributed by atoms with Crippen LogP contribution in [0.1, 0.15) is 4.88 Å². The molecule has 0 aliphatic rings. The van der Waals surface area contributed by atoms with Crippen LogP contribution in [-0.4, -0.2) is 28.4 Å². The maximum Gasteiger partial charge on any atom is 0.234 e. The van der Waals surface area contributed by atoms with Gasteiger partial charge in [0.25, 0.3) is 0 Å². The normalized spacial score (nSPS) is 10.6. The Morgan fingerprint density at radius 3 is 2.80 bits per heavy atom. The zero-order chi connectivity index (χ0) is 17.5. The molecule has 2 heterocycles. The summed E-state index contributed by atoms with van der Waals surface area (Å²) in [5.74, 6) is 0.245. The molecule has 9 heteroatoms. The molecule has 2 N–H and O–H groups in total. The first-order valence-electron chi connectivity index (χ1n) is 7.47. The van der Waals surface area contributed by atoms with Crippen LogP contribution in [0.2, 0.25) is 0 Å². The first kappa shape index (κ1) is 18.4. The van der Waals surface area contributed by atoms with Gasteiger partial charge in [0.05, 0.1) is 5.75 Å². The minimum absolute atomic E-state index is 0.0604. The van der Waals surface area contributed by atoms with Crippen molar-refractivity contribution in [2.24, 2.45) is 0 Å². The maximum atomic E-state index is 12.0. The number of nitrogens with one attached hydrogen (secondary N) is 2. The molecule has 5 nitrogen and oxygen atoms in total. The van der Waals surface area contributed by atoms with Gasteiger partial charge in [-0.1, -0.05) is 45.1 Å². The lowest BCUT2D eigenvalue weighted by atomic mass is 10.3. The number of anilines is 2. The number of carbonyl (C=O) groups excluding carboxylic acids is 1. The van der Waals surface area contributed by atoms with E-state index in [4.69, 9.17) is 0 Å².